The summed E-state index contributed by atoms with van der Waals surface area (Å²) in [5.41, 5.74) is 1.34. The summed E-state index contributed by atoms with van der Waals surface area (Å²) in [5, 5.41) is 12.4. The number of hydrogen-bond acceptors (Lipinski definition) is 2. The number of benzene rings is 1. The van der Waals surface area contributed by atoms with Gasteiger partial charge in [-0.3, -0.25) is 0 Å². The molecule has 15 heavy (non-hydrogen) atoms. The lowest BCUT2D eigenvalue weighted by Gasteiger charge is -2.24. The topological polar surface area (TPSA) is 32.3 Å². The summed E-state index contributed by atoms with van der Waals surface area (Å²) < 4.78 is 0. The molecular formula is C13H21NO. The number of nitrogens with one attached hydrogen (secondary N) is 1. The second-order valence-corrected chi connectivity index (χ2v) is 4.24. The molecule has 3 atom stereocenters. The second-order valence-electron chi connectivity index (χ2n) is 4.24. The zero-order valence-corrected chi connectivity index (χ0v) is 9.77. The summed E-state index contributed by atoms with van der Waals surface area (Å²) in [6, 6.07) is 11.0. The van der Waals surface area contributed by atoms with E-state index in [1.165, 1.54) is 5.56 Å². The molecule has 0 heterocycles. The van der Waals surface area contributed by atoms with E-state index in [1.54, 1.807) is 0 Å². The van der Waals surface area contributed by atoms with Gasteiger partial charge in [0.1, 0.15) is 0 Å². The number of hydrogen-bond donors (Lipinski definition) is 2. The van der Waals surface area contributed by atoms with Crippen molar-refractivity contribution in [2.24, 2.45) is 0 Å². The van der Waals surface area contributed by atoms with E-state index in [0.29, 0.717) is 12.0 Å². The van der Waals surface area contributed by atoms with Gasteiger partial charge >= 0.3 is 0 Å². The lowest BCUT2D eigenvalue weighted by Crippen LogP contribution is -2.39. The maximum Gasteiger partial charge on any atom is 0.0582 e. The number of aliphatic hydroxyl groups excluding tert-OH is 1. The minimum atomic E-state index is 0.158. The molecule has 0 spiro atoms. The number of aliphatic hydroxyl groups is 1. The molecule has 2 N–H and O–H groups in total. The highest BCUT2D eigenvalue weighted by molar-refractivity contribution is 5.20. The minimum absolute atomic E-state index is 0.158. The molecule has 0 saturated heterocycles. The van der Waals surface area contributed by atoms with Crippen molar-refractivity contribution >= 4 is 0 Å². The molecular weight excluding hydrogens is 186 g/mol. The fourth-order valence-electron chi connectivity index (χ4n) is 1.69. The van der Waals surface area contributed by atoms with Crippen molar-refractivity contribution in [3.05, 3.63) is 35.9 Å². The van der Waals surface area contributed by atoms with Gasteiger partial charge in [0, 0.05) is 12.1 Å². The first-order valence-corrected chi connectivity index (χ1v) is 5.57. The summed E-state index contributed by atoms with van der Waals surface area (Å²) in [6.45, 7) is 6.54. The van der Waals surface area contributed by atoms with E-state index in [9.17, 15) is 0 Å². The standard InChI is InChI=1S/C13H21NO/c1-10(9-15)14-12(3)11(2)13-7-5-4-6-8-13/h4-8,10-12,14-15H,9H2,1-3H3/t10-,11?,12?/m0/s1. The fourth-order valence-corrected chi connectivity index (χ4v) is 1.69. The quantitative estimate of drug-likeness (QED) is 0.775. The first kappa shape index (κ1) is 12.2. The zero-order chi connectivity index (χ0) is 11.3. The second kappa shape index (κ2) is 5.89. The van der Waals surface area contributed by atoms with Crippen molar-refractivity contribution in [2.45, 2.75) is 38.8 Å². The van der Waals surface area contributed by atoms with Gasteiger partial charge in [0.05, 0.1) is 6.61 Å². The van der Waals surface area contributed by atoms with Crippen LogP contribution in [0.15, 0.2) is 30.3 Å². The Bertz CT molecular complexity index is 273. The molecule has 0 radical (unpaired) electrons. The third kappa shape index (κ3) is 3.65. The van der Waals surface area contributed by atoms with Gasteiger partial charge in [0.25, 0.3) is 0 Å². The number of rotatable bonds is 5. The summed E-state index contributed by atoms with van der Waals surface area (Å²) in [4.78, 5) is 0. The fraction of sp³-hybridized carbons (Fsp3) is 0.538. The predicted octanol–water partition coefficient (Wildman–Crippen LogP) is 2.15. The van der Waals surface area contributed by atoms with Gasteiger partial charge in [-0.25, -0.2) is 0 Å². The van der Waals surface area contributed by atoms with Gasteiger partial charge in [-0.05, 0) is 25.3 Å². The maximum absolute atomic E-state index is 8.97. The Morgan fingerprint density at radius 3 is 2.27 bits per heavy atom. The van der Waals surface area contributed by atoms with Crippen molar-refractivity contribution < 1.29 is 5.11 Å². The molecule has 0 aliphatic heterocycles. The van der Waals surface area contributed by atoms with Crippen LogP contribution in [0, 0.1) is 0 Å². The Morgan fingerprint density at radius 2 is 1.73 bits per heavy atom. The van der Waals surface area contributed by atoms with Gasteiger partial charge < -0.3 is 10.4 Å². The van der Waals surface area contributed by atoms with Crippen molar-refractivity contribution in [3.63, 3.8) is 0 Å². The molecule has 1 aromatic rings. The zero-order valence-electron chi connectivity index (χ0n) is 9.77. The molecule has 84 valence electrons. The van der Waals surface area contributed by atoms with E-state index in [1.807, 2.05) is 13.0 Å². The van der Waals surface area contributed by atoms with E-state index in [4.69, 9.17) is 5.11 Å². The Labute approximate surface area is 92.3 Å². The molecule has 0 aromatic heterocycles. The van der Waals surface area contributed by atoms with Crippen molar-refractivity contribution in [1.82, 2.24) is 5.32 Å². The molecule has 0 amide bonds. The van der Waals surface area contributed by atoms with E-state index in [-0.39, 0.29) is 12.6 Å². The van der Waals surface area contributed by atoms with Crippen LogP contribution in [0.3, 0.4) is 0 Å². The molecule has 0 fully saturated rings. The van der Waals surface area contributed by atoms with Gasteiger partial charge in [-0.15, -0.1) is 0 Å². The van der Waals surface area contributed by atoms with Crippen LogP contribution < -0.4 is 5.32 Å². The maximum atomic E-state index is 8.97. The van der Waals surface area contributed by atoms with Crippen molar-refractivity contribution in [2.75, 3.05) is 6.61 Å². The average Bonchev–Trinajstić information content (AvgIpc) is 2.29. The molecule has 2 heteroatoms. The summed E-state index contributed by atoms with van der Waals surface area (Å²) >= 11 is 0. The van der Waals surface area contributed by atoms with E-state index in [0.717, 1.165) is 0 Å². The molecule has 0 aliphatic carbocycles. The molecule has 0 saturated carbocycles. The molecule has 0 bridgehead atoms. The normalized spacial score (nSPS) is 17.1. The van der Waals surface area contributed by atoms with Gasteiger partial charge in [-0.1, -0.05) is 37.3 Å². The highest BCUT2D eigenvalue weighted by Crippen LogP contribution is 2.18. The highest BCUT2D eigenvalue weighted by Gasteiger charge is 2.15. The molecule has 0 aliphatic rings. The first-order valence-electron chi connectivity index (χ1n) is 5.57. The summed E-state index contributed by atoms with van der Waals surface area (Å²) in [6.07, 6.45) is 0. The monoisotopic (exact) mass is 207 g/mol. The van der Waals surface area contributed by atoms with Crippen LogP contribution in [-0.4, -0.2) is 23.8 Å². The molecule has 1 rings (SSSR count). The van der Waals surface area contributed by atoms with Crippen LogP contribution in [-0.2, 0) is 0 Å². The minimum Gasteiger partial charge on any atom is -0.395 e. The summed E-state index contributed by atoms with van der Waals surface area (Å²) in [5.74, 6) is 0.459. The van der Waals surface area contributed by atoms with Crippen LogP contribution in [0.1, 0.15) is 32.3 Å². The predicted molar refractivity (Wildman–Crippen MR) is 64.0 cm³/mol. The lowest BCUT2D eigenvalue weighted by atomic mass is 9.94. The third-order valence-corrected chi connectivity index (χ3v) is 2.90. The van der Waals surface area contributed by atoms with Gasteiger partial charge in [0.2, 0.25) is 0 Å². The van der Waals surface area contributed by atoms with Crippen molar-refractivity contribution in [1.29, 1.82) is 0 Å². The first-order chi connectivity index (χ1) is 7.15. The Morgan fingerprint density at radius 1 is 1.13 bits per heavy atom. The Kier molecular flexibility index (Phi) is 4.79. The Hall–Kier alpha value is -0.860. The van der Waals surface area contributed by atoms with Crippen LogP contribution in [0.2, 0.25) is 0 Å². The SMILES string of the molecule is CC(N[C@@H](C)CO)C(C)c1ccccc1. The van der Waals surface area contributed by atoms with E-state index >= 15 is 0 Å². The Balaban J connectivity index is 2.57. The molecule has 2 nitrogen and oxygen atoms in total. The summed E-state index contributed by atoms with van der Waals surface area (Å²) in [7, 11) is 0. The van der Waals surface area contributed by atoms with Crippen LogP contribution in [0.5, 0.6) is 0 Å². The third-order valence-electron chi connectivity index (χ3n) is 2.90. The van der Waals surface area contributed by atoms with Crippen molar-refractivity contribution in [3.8, 4) is 0 Å². The van der Waals surface area contributed by atoms with Crippen LogP contribution in [0.4, 0.5) is 0 Å². The van der Waals surface area contributed by atoms with Gasteiger partial charge in [-0.2, -0.15) is 0 Å². The lowest BCUT2D eigenvalue weighted by molar-refractivity contribution is 0.238. The highest BCUT2D eigenvalue weighted by atomic mass is 16.3. The van der Waals surface area contributed by atoms with E-state index < -0.39 is 0 Å². The smallest absolute Gasteiger partial charge is 0.0582 e. The molecule has 1 aromatic carbocycles. The van der Waals surface area contributed by atoms with Crippen LogP contribution in [0.25, 0.3) is 0 Å². The average molecular weight is 207 g/mol. The van der Waals surface area contributed by atoms with Gasteiger partial charge in [0.15, 0.2) is 0 Å². The van der Waals surface area contributed by atoms with Crippen LogP contribution >= 0.6 is 0 Å². The van der Waals surface area contributed by atoms with E-state index in [2.05, 4.69) is 43.4 Å². The molecule has 2 unspecified atom stereocenters. The largest absolute Gasteiger partial charge is 0.395 e.